The second-order valence-electron chi connectivity index (χ2n) is 5.88. The van der Waals surface area contributed by atoms with Crippen molar-refractivity contribution < 1.29 is 14.6 Å². The van der Waals surface area contributed by atoms with Crippen LogP contribution in [0, 0.1) is 0 Å². The number of carbonyl (C=O) groups excluding carboxylic acids is 1. The first-order valence-electron chi connectivity index (χ1n) is 8.41. The van der Waals surface area contributed by atoms with E-state index >= 15 is 0 Å². The summed E-state index contributed by atoms with van der Waals surface area (Å²) in [5, 5.41) is 16.1. The molecule has 3 rings (SSSR count). The van der Waals surface area contributed by atoms with E-state index in [1.54, 1.807) is 24.3 Å². The van der Waals surface area contributed by atoms with Gasteiger partial charge in [0.15, 0.2) is 0 Å². The number of halogens is 1. The summed E-state index contributed by atoms with van der Waals surface area (Å²) in [5.41, 5.74) is 1.45. The monoisotopic (exact) mass is 402 g/mol. The van der Waals surface area contributed by atoms with Crippen LogP contribution >= 0.6 is 22.9 Å². The predicted molar refractivity (Wildman–Crippen MR) is 106 cm³/mol. The molecule has 5 nitrogen and oxygen atoms in total. The van der Waals surface area contributed by atoms with Crippen molar-refractivity contribution >= 4 is 28.8 Å². The van der Waals surface area contributed by atoms with Gasteiger partial charge in [-0.3, -0.25) is 4.79 Å². The van der Waals surface area contributed by atoms with Crippen molar-refractivity contribution in [1.29, 1.82) is 0 Å². The number of hydrogen-bond donors (Lipinski definition) is 2. The number of benzene rings is 2. The van der Waals surface area contributed by atoms with Crippen LogP contribution in [0.5, 0.6) is 5.75 Å². The summed E-state index contributed by atoms with van der Waals surface area (Å²) >= 11 is 7.28. The van der Waals surface area contributed by atoms with Crippen molar-refractivity contribution in [1.82, 2.24) is 10.3 Å². The Balaban J connectivity index is 1.44. The molecule has 2 N–H and O–H groups in total. The number of aliphatic hydroxyl groups excluding tert-OH is 1. The fourth-order valence-corrected chi connectivity index (χ4v) is 3.23. The van der Waals surface area contributed by atoms with Gasteiger partial charge < -0.3 is 15.2 Å². The molecule has 0 spiro atoms. The number of thiazole rings is 1. The first-order valence-corrected chi connectivity index (χ1v) is 9.67. The predicted octanol–water partition coefficient (Wildman–Crippen LogP) is 3.77. The van der Waals surface area contributed by atoms with E-state index in [1.165, 1.54) is 11.3 Å². The molecule has 0 saturated carbocycles. The van der Waals surface area contributed by atoms with Crippen LogP contribution in [0.25, 0.3) is 0 Å². The highest BCUT2D eigenvalue weighted by molar-refractivity contribution is 7.09. The van der Waals surface area contributed by atoms with Gasteiger partial charge in [0.2, 0.25) is 5.91 Å². The van der Waals surface area contributed by atoms with Crippen LogP contribution in [0.1, 0.15) is 22.4 Å². The van der Waals surface area contributed by atoms with Crippen LogP contribution in [0.15, 0.2) is 60.0 Å². The molecular weight excluding hydrogens is 384 g/mol. The third-order valence-electron chi connectivity index (χ3n) is 3.79. The van der Waals surface area contributed by atoms with E-state index in [4.69, 9.17) is 16.3 Å². The van der Waals surface area contributed by atoms with Gasteiger partial charge in [0.05, 0.1) is 18.2 Å². The Morgan fingerprint density at radius 2 is 1.93 bits per heavy atom. The first kappa shape index (κ1) is 19.4. The topological polar surface area (TPSA) is 71.5 Å². The van der Waals surface area contributed by atoms with Gasteiger partial charge in [-0.05, 0) is 29.8 Å². The van der Waals surface area contributed by atoms with Gasteiger partial charge in [-0.1, -0.05) is 41.9 Å². The zero-order valence-electron chi connectivity index (χ0n) is 14.5. The molecule has 0 bridgehead atoms. The SMILES string of the molecule is O=C(Cc1csc(COc2ccc(Cl)cc2)n1)NCC(O)c1ccccc1. The average Bonchev–Trinajstić information content (AvgIpc) is 3.13. The molecule has 7 heteroatoms. The molecule has 2 aromatic carbocycles. The number of hydrogen-bond acceptors (Lipinski definition) is 5. The van der Waals surface area contributed by atoms with Crippen molar-refractivity contribution in [3.63, 3.8) is 0 Å². The molecule has 1 atom stereocenters. The molecule has 0 fully saturated rings. The zero-order chi connectivity index (χ0) is 19.1. The van der Waals surface area contributed by atoms with Crippen LogP contribution in [0.3, 0.4) is 0 Å². The second kappa shape index (κ2) is 9.50. The molecular formula is C20H19ClN2O3S. The van der Waals surface area contributed by atoms with Gasteiger partial charge in [-0.15, -0.1) is 11.3 Å². The maximum Gasteiger partial charge on any atom is 0.226 e. The normalized spacial score (nSPS) is 11.8. The van der Waals surface area contributed by atoms with Crippen molar-refractivity contribution in [2.24, 2.45) is 0 Å². The summed E-state index contributed by atoms with van der Waals surface area (Å²) in [6.07, 6.45) is -0.562. The lowest BCUT2D eigenvalue weighted by atomic mass is 10.1. The van der Waals surface area contributed by atoms with Crippen LogP contribution in [-0.4, -0.2) is 22.5 Å². The lowest BCUT2D eigenvalue weighted by Crippen LogP contribution is -2.29. The Kier molecular flexibility index (Phi) is 6.81. The summed E-state index contributed by atoms with van der Waals surface area (Å²) in [7, 11) is 0. The molecule has 1 heterocycles. The van der Waals surface area contributed by atoms with E-state index in [0.29, 0.717) is 23.1 Å². The second-order valence-corrected chi connectivity index (χ2v) is 7.26. The number of nitrogens with zero attached hydrogens (tertiary/aromatic N) is 1. The van der Waals surface area contributed by atoms with Crippen molar-refractivity contribution in [3.8, 4) is 5.75 Å². The molecule has 1 aromatic heterocycles. The highest BCUT2D eigenvalue weighted by atomic mass is 35.5. The highest BCUT2D eigenvalue weighted by Crippen LogP contribution is 2.18. The molecule has 3 aromatic rings. The third-order valence-corrected chi connectivity index (χ3v) is 4.92. The quantitative estimate of drug-likeness (QED) is 0.601. The molecule has 140 valence electrons. The number of aromatic nitrogens is 1. The number of carbonyl (C=O) groups is 1. The molecule has 0 radical (unpaired) electrons. The van der Waals surface area contributed by atoms with E-state index in [-0.39, 0.29) is 18.9 Å². The molecule has 1 unspecified atom stereocenters. The summed E-state index contributed by atoms with van der Waals surface area (Å²) < 4.78 is 5.65. The van der Waals surface area contributed by atoms with Crippen LogP contribution in [0.4, 0.5) is 0 Å². The molecule has 0 saturated heterocycles. The lowest BCUT2D eigenvalue weighted by molar-refractivity contribution is -0.120. The average molecular weight is 403 g/mol. The Morgan fingerprint density at radius 3 is 2.67 bits per heavy atom. The minimum atomic E-state index is -0.728. The van der Waals surface area contributed by atoms with Crippen LogP contribution < -0.4 is 10.1 Å². The van der Waals surface area contributed by atoms with E-state index in [1.807, 2.05) is 35.7 Å². The lowest BCUT2D eigenvalue weighted by Gasteiger charge is -2.11. The Labute approximate surface area is 166 Å². The minimum absolute atomic E-state index is 0.166. The van der Waals surface area contributed by atoms with E-state index in [0.717, 1.165) is 10.6 Å². The van der Waals surface area contributed by atoms with E-state index < -0.39 is 6.10 Å². The van der Waals surface area contributed by atoms with Gasteiger partial charge in [-0.25, -0.2) is 4.98 Å². The maximum atomic E-state index is 12.1. The maximum absolute atomic E-state index is 12.1. The summed E-state index contributed by atoms with van der Waals surface area (Å²) in [4.78, 5) is 16.5. The molecule has 0 aliphatic heterocycles. The van der Waals surface area contributed by atoms with Crippen molar-refractivity contribution in [2.45, 2.75) is 19.1 Å². The van der Waals surface area contributed by atoms with Gasteiger partial charge in [0.25, 0.3) is 0 Å². The minimum Gasteiger partial charge on any atom is -0.486 e. The van der Waals surface area contributed by atoms with Crippen LogP contribution in [-0.2, 0) is 17.8 Å². The van der Waals surface area contributed by atoms with Gasteiger partial charge in [0, 0.05) is 16.9 Å². The zero-order valence-corrected chi connectivity index (χ0v) is 16.0. The third kappa shape index (κ3) is 6.06. The van der Waals surface area contributed by atoms with Crippen molar-refractivity contribution in [2.75, 3.05) is 6.54 Å². The Morgan fingerprint density at radius 1 is 1.19 bits per heavy atom. The van der Waals surface area contributed by atoms with Crippen molar-refractivity contribution in [3.05, 3.63) is 81.3 Å². The fourth-order valence-electron chi connectivity index (χ4n) is 2.40. The summed E-state index contributed by atoms with van der Waals surface area (Å²) in [6, 6.07) is 16.3. The fraction of sp³-hybridized carbons (Fsp3) is 0.200. The van der Waals surface area contributed by atoms with E-state index in [2.05, 4.69) is 10.3 Å². The van der Waals surface area contributed by atoms with Crippen LogP contribution in [0.2, 0.25) is 5.02 Å². The first-order chi connectivity index (χ1) is 13.1. The van der Waals surface area contributed by atoms with Gasteiger partial charge >= 0.3 is 0 Å². The smallest absolute Gasteiger partial charge is 0.226 e. The molecule has 0 aliphatic rings. The number of ether oxygens (including phenoxy) is 1. The summed E-state index contributed by atoms with van der Waals surface area (Å²) in [6.45, 7) is 0.500. The summed E-state index contributed by atoms with van der Waals surface area (Å²) in [5.74, 6) is 0.532. The Hall–Kier alpha value is -2.41. The number of nitrogens with one attached hydrogen (secondary N) is 1. The number of amides is 1. The standard InChI is InChI=1S/C20H19ClN2O3S/c21-15-6-8-17(9-7-15)26-12-20-23-16(13-27-20)10-19(25)22-11-18(24)14-4-2-1-3-5-14/h1-9,13,18,24H,10-12H2,(H,22,25). The number of aliphatic hydroxyl groups is 1. The molecule has 0 aliphatic carbocycles. The highest BCUT2D eigenvalue weighted by Gasteiger charge is 2.11. The molecule has 27 heavy (non-hydrogen) atoms. The number of rotatable bonds is 8. The van der Waals surface area contributed by atoms with Gasteiger partial charge in [-0.2, -0.15) is 0 Å². The largest absolute Gasteiger partial charge is 0.486 e. The van der Waals surface area contributed by atoms with Gasteiger partial charge in [0.1, 0.15) is 17.4 Å². The molecule has 1 amide bonds. The Bertz CT molecular complexity index is 868. The van der Waals surface area contributed by atoms with E-state index in [9.17, 15) is 9.90 Å².